The topological polar surface area (TPSA) is 55.8 Å². The fraction of sp³-hybridized carbons (Fsp3) is 0.150. The molecule has 0 spiro atoms. The molecule has 0 bridgehead atoms. The number of furan rings is 2. The van der Waals surface area contributed by atoms with Gasteiger partial charge in [-0.2, -0.15) is 0 Å². The standard InChI is InChI=1S/C20H19NO4/c1-23-19-9-3-2-6-16(19)10-11-20(22)21(14-17-7-4-12-24-17)15-18-8-5-13-25-18/h2-13H,14-15H2,1H3/b11-10+. The van der Waals surface area contributed by atoms with Gasteiger partial charge in [0.15, 0.2) is 0 Å². The van der Waals surface area contributed by atoms with Crippen LogP contribution in [0.4, 0.5) is 0 Å². The normalized spacial score (nSPS) is 10.9. The number of amides is 1. The zero-order valence-corrected chi connectivity index (χ0v) is 13.9. The van der Waals surface area contributed by atoms with Gasteiger partial charge in [0.1, 0.15) is 17.3 Å². The zero-order valence-electron chi connectivity index (χ0n) is 13.9. The van der Waals surface area contributed by atoms with E-state index in [9.17, 15) is 4.79 Å². The first-order valence-electron chi connectivity index (χ1n) is 7.91. The third-order valence-corrected chi connectivity index (χ3v) is 3.71. The molecule has 0 atom stereocenters. The van der Waals surface area contributed by atoms with Gasteiger partial charge >= 0.3 is 0 Å². The molecule has 2 heterocycles. The number of hydrogen-bond donors (Lipinski definition) is 0. The van der Waals surface area contributed by atoms with Crippen molar-refractivity contribution >= 4 is 12.0 Å². The molecule has 1 amide bonds. The number of methoxy groups -OCH3 is 1. The van der Waals surface area contributed by atoms with E-state index in [4.69, 9.17) is 13.6 Å². The third-order valence-electron chi connectivity index (χ3n) is 3.71. The van der Waals surface area contributed by atoms with Gasteiger partial charge in [-0.15, -0.1) is 0 Å². The molecule has 3 aromatic rings. The molecule has 128 valence electrons. The summed E-state index contributed by atoms with van der Waals surface area (Å²) in [6, 6.07) is 14.8. The van der Waals surface area contributed by atoms with E-state index < -0.39 is 0 Å². The Labute approximate surface area is 146 Å². The summed E-state index contributed by atoms with van der Waals surface area (Å²) in [5, 5.41) is 0. The van der Waals surface area contributed by atoms with Gasteiger partial charge in [0.25, 0.3) is 0 Å². The van der Waals surface area contributed by atoms with E-state index in [-0.39, 0.29) is 5.91 Å². The van der Waals surface area contributed by atoms with Crippen molar-refractivity contribution in [1.82, 2.24) is 4.90 Å². The average molecular weight is 337 g/mol. The largest absolute Gasteiger partial charge is 0.496 e. The van der Waals surface area contributed by atoms with Gasteiger partial charge in [0.05, 0.1) is 32.7 Å². The number of ether oxygens (including phenoxy) is 1. The molecule has 5 heteroatoms. The van der Waals surface area contributed by atoms with E-state index in [1.54, 1.807) is 42.7 Å². The summed E-state index contributed by atoms with van der Waals surface area (Å²) in [6.45, 7) is 0.728. The summed E-state index contributed by atoms with van der Waals surface area (Å²) in [7, 11) is 1.61. The number of benzene rings is 1. The predicted octanol–water partition coefficient (Wildman–Crippen LogP) is 4.12. The van der Waals surface area contributed by atoms with E-state index in [0.717, 1.165) is 11.3 Å². The second-order valence-corrected chi connectivity index (χ2v) is 5.43. The van der Waals surface area contributed by atoms with E-state index in [2.05, 4.69) is 0 Å². The molecule has 0 fully saturated rings. The maximum atomic E-state index is 12.7. The van der Waals surface area contributed by atoms with Crippen molar-refractivity contribution in [3.63, 3.8) is 0 Å². The molecule has 3 rings (SSSR count). The smallest absolute Gasteiger partial charge is 0.247 e. The van der Waals surface area contributed by atoms with Crippen LogP contribution >= 0.6 is 0 Å². The highest BCUT2D eigenvalue weighted by molar-refractivity contribution is 5.92. The molecular weight excluding hydrogens is 318 g/mol. The van der Waals surface area contributed by atoms with E-state index in [1.807, 2.05) is 36.4 Å². The maximum Gasteiger partial charge on any atom is 0.247 e. The minimum atomic E-state index is -0.140. The van der Waals surface area contributed by atoms with Crippen LogP contribution in [-0.2, 0) is 17.9 Å². The highest BCUT2D eigenvalue weighted by atomic mass is 16.5. The van der Waals surface area contributed by atoms with Crippen LogP contribution in [-0.4, -0.2) is 17.9 Å². The molecule has 0 aliphatic carbocycles. The number of hydrogen-bond acceptors (Lipinski definition) is 4. The minimum Gasteiger partial charge on any atom is -0.496 e. The number of carbonyl (C=O) groups excluding carboxylic acids is 1. The monoisotopic (exact) mass is 337 g/mol. The maximum absolute atomic E-state index is 12.7. The number of rotatable bonds is 7. The summed E-state index contributed by atoms with van der Waals surface area (Å²) < 4.78 is 16.0. The van der Waals surface area contributed by atoms with Crippen LogP contribution in [0.1, 0.15) is 17.1 Å². The molecule has 0 saturated heterocycles. The van der Waals surface area contributed by atoms with Gasteiger partial charge in [-0.3, -0.25) is 4.79 Å². The van der Waals surface area contributed by atoms with Crippen molar-refractivity contribution in [3.8, 4) is 5.75 Å². The number of para-hydroxylation sites is 1. The van der Waals surface area contributed by atoms with E-state index in [1.165, 1.54) is 6.08 Å². The Bertz CT molecular complexity index is 783. The quantitative estimate of drug-likeness (QED) is 0.609. The highest BCUT2D eigenvalue weighted by Gasteiger charge is 2.15. The molecule has 0 radical (unpaired) electrons. The van der Waals surface area contributed by atoms with Crippen molar-refractivity contribution in [2.75, 3.05) is 7.11 Å². The molecular formula is C20H19NO4. The fourth-order valence-corrected chi connectivity index (χ4v) is 2.46. The molecule has 0 N–H and O–H groups in total. The zero-order chi connectivity index (χ0) is 17.5. The van der Waals surface area contributed by atoms with Crippen LogP contribution < -0.4 is 4.74 Å². The summed E-state index contributed by atoms with van der Waals surface area (Å²) in [5.74, 6) is 2.00. The molecule has 5 nitrogen and oxygen atoms in total. The van der Waals surface area contributed by atoms with Crippen LogP contribution in [0.15, 0.2) is 76.0 Å². The Morgan fingerprint density at radius 3 is 2.20 bits per heavy atom. The summed E-state index contributed by atoms with van der Waals surface area (Å²) in [4.78, 5) is 14.3. The van der Waals surface area contributed by atoms with E-state index in [0.29, 0.717) is 24.6 Å². The molecule has 0 aliphatic heterocycles. The van der Waals surface area contributed by atoms with Crippen LogP contribution in [0.5, 0.6) is 5.75 Å². The Kier molecular flexibility index (Phi) is 5.36. The van der Waals surface area contributed by atoms with E-state index >= 15 is 0 Å². The van der Waals surface area contributed by atoms with Gasteiger partial charge in [0, 0.05) is 11.6 Å². The lowest BCUT2D eigenvalue weighted by Crippen LogP contribution is -2.28. The molecule has 0 unspecified atom stereocenters. The second kappa shape index (κ2) is 8.06. The molecule has 0 saturated carbocycles. The van der Waals surface area contributed by atoms with Crippen LogP contribution in [0.25, 0.3) is 6.08 Å². The number of carbonyl (C=O) groups is 1. The summed E-state index contributed by atoms with van der Waals surface area (Å²) >= 11 is 0. The summed E-state index contributed by atoms with van der Waals surface area (Å²) in [6.07, 6.45) is 6.47. The van der Waals surface area contributed by atoms with Crippen LogP contribution in [0.3, 0.4) is 0 Å². The highest BCUT2D eigenvalue weighted by Crippen LogP contribution is 2.19. The lowest BCUT2D eigenvalue weighted by atomic mass is 10.2. The van der Waals surface area contributed by atoms with Gasteiger partial charge in [-0.1, -0.05) is 18.2 Å². The first-order chi connectivity index (χ1) is 12.3. The van der Waals surface area contributed by atoms with Gasteiger partial charge in [-0.05, 0) is 36.4 Å². The number of nitrogens with zero attached hydrogens (tertiary/aromatic N) is 1. The SMILES string of the molecule is COc1ccccc1/C=C/C(=O)N(Cc1ccco1)Cc1ccco1. The predicted molar refractivity (Wildman–Crippen MR) is 93.7 cm³/mol. The van der Waals surface area contributed by atoms with Crippen molar-refractivity contribution in [2.45, 2.75) is 13.1 Å². The molecule has 1 aromatic carbocycles. The first-order valence-corrected chi connectivity index (χ1v) is 7.91. The van der Waals surface area contributed by atoms with Gasteiger partial charge < -0.3 is 18.5 Å². The molecule has 25 heavy (non-hydrogen) atoms. The first kappa shape index (κ1) is 16.6. The second-order valence-electron chi connectivity index (χ2n) is 5.43. The average Bonchev–Trinajstić information content (AvgIpc) is 3.33. The van der Waals surface area contributed by atoms with Crippen molar-refractivity contribution in [2.24, 2.45) is 0 Å². The lowest BCUT2D eigenvalue weighted by molar-refractivity contribution is -0.127. The van der Waals surface area contributed by atoms with Gasteiger partial charge in [0.2, 0.25) is 5.91 Å². The summed E-state index contributed by atoms with van der Waals surface area (Å²) in [5.41, 5.74) is 0.842. The van der Waals surface area contributed by atoms with Crippen LogP contribution in [0.2, 0.25) is 0 Å². The Hall–Kier alpha value is -3.21. The Balaban J connectivity index is 1.77. The van der Waals surface area contributed by atoms with Crippen molar-refractivity contribution in [3.05, 3.63) is 84.2 Å². The van der Waals surface area contributed by atoms with Crippen molar-refractivity contribution < 1.29 is 18.4 Å². The third kappa shape index (κ3) is 4.41. The minimum absolute atomic E-state index is 0.140. The lowest BCUT2D eigenvalue weighted by Gasteiger charge is -2.18. The van der Waals surface area contributed by atoms with Gasteiger partial charge in [-0.25, -0.2) is 0 Å². The Morgan fingerprint density at radius 2 is 1.64 bits per heavy atom. The van der Waals surface area contributed by atoms with Crippen LogP contribution in [0, 0.1) is 0 Å². The molecule has 0 aliphatic rings. The molecule has 2 aromatic heterocycles. The fourth-order valence-electron chi connectivity index (χ4n) is 2.46. The van der Waals surface area contributed by atoms with Crippen molar-refractivity contribution in [1.29, 1.82) is 0 Å². The Morgan fingerprint density at radius 1 is 1.00 bits per heavy atom.